The maximum Gasteiger partial charge on any atom is 0.257 e. The number of nitrogen functional groups attached to an aromatic ring is 1. The Morgan fingerprint density at radius 2 is 1.83 bits per heavy atom. The second-order valence-electron chi connectivity index (χ2n) is 5.63. The van der Waals surface area contributed by atoms with Gasteiger partial charge in [-0.3, -0.25) is 9.69 Å². The zero-order chi connectivity index (χ0) is 15.0. The van der Waals surface area contributed by atoms with Crippen molar-refractivity contribution in [3.63, 3.8) is 0 Å². The number of carbonyl (C=O) groups is 1. The Morgan fingerprint density at radius 1 is 1.22 bits per heavy atom. The fourth-order valence-electron chi connectivity index (χ4n) is 2.81. The molecule has 0 atom stereocenters. The summed E-state index contributed by atoms with van der Waals surface area (Å²) >= 11 is 6.04. The Balaban J connectivity index is 0.00000132. The van der Waals surface area contributed by atoms with E-state index in [4.69, 9.17) is 22.1 Å². The van der Waals surface area contributed by atoms with E-state index < -0.39 is 0 Å². The quantitative estimate of drug-likeness (QED) is 0.817. The predicted molar refractivity (Wildman–Crippen MR) is 97.4 cm³/mol. The molecule has 2 aliphatic rings. The third-order valence-electron chi connectivity index (χ3n) is 4.21. The number of amides is 1. The Kier molecular flexibility index (Phi) is 7.27. The molecule has 0 radical (unpaired) electrons. The first-order chi connectivity index (χ1) is 10.1. The average Bonchev–Trinajstić information content (AvgIpc) is 3.34. The molecular weight excluding hydrogens is 361 g/mol. The predicted octanol–water partition coefficient (Wildman–Crippen LogP) is 2.69. The zero-order valence-electron chi connectivity index (χ0n) is 13.0. The molecule has 1 aromatic rings. The van der Waals surface area contributed by atoms with E-state index in [0.717, 1.165) is 32.2 Å². The molecule has 3 rings (SSSR count). The molecular formula is C15H22Cl3N3O2. The molecule has 1 saturated carbocycles. The van der Waals surface area contributed by atoms with Crippen molar-refractivity contribution in [2.75, 3.05) is 39.0 Å². The number of methoxy groups -OCH3 is 1. The van der Waals surface area contributed by atoms with Gasteiger partial charge in [-0.15, -0.1) is 24.8 Å². The van der Waals surface area contributed by atoms with E-state index in [-0.39, 0.29) is 30.7 Å². The molecule has 0 bridgehead atoms. The molecule has 2 fully saturated rings. The lowest BCUT2D eigenvalue weighted by Crippen LogP contribution is -2.49. The van der Waals surface area contributed by atoms with Gasteiger partial charge in [0.1, 0.15) is 5.75 Å². The van der Waals surface area contributed by atoms with Crippen molar-refractivity contribution in [1.29, 1.82) is 0 Å². The summed E-state index contributed by atoms with van der Waals surface area (Å²) in [6, 6.07) is 3.96. The molecule has 1 aliphatic carbocycles. The SMILES string of the molecule is COc1cc(N)c(Cl)cc1C(=O)N1CCN(C2CC2)CC1.Cl.Cl. The number of hydrogen-bond donors (Lipinski definition) is 1. The zero-order valence-corrected chi connectivity index (χ0v) is 15.3. The van der Waals surface area contributed by atoms with Crippen molar-refractivity contribution in [3.8, 4) is 5.75 Å². The van der Waals surface area contributed by atoms with E-state index in [1.54, 1.807) is 12.1 Å². The molecule has 0 spiro atoms. The first-order valence-electron chi connectivity index (χ1n) is 7.26. The molecule has 1 aliphatic heterocycles. The van der Waals surface area contributed by atoms with Crippen LogP contribution in [0.4, 0.5) is 5.69 Å². The fraction of sp³-hybridized carbons (Fsp3) is 0.533. The van der Waals surface area contributed by atoms with Gasteiger partial charge in [0.25, 0.3) is 5.91 Å². The molecule has 1 aromatic carbocycles. The van der Waals surface area contributed by atoms with Crippen LogP contribution in [0.5, 0.6) is 5.75 Å². The monoisotopic (exact) mass is 381 g/mol. The number of hydrogen-bond acceptors (Lipinski definition) is 4. The van der Waals surface area contributed by atoms with E-state index >= 15 is 0 Å². The smallest absolute Gasteiger partial charge is 0.257 e. The van der Waals surface area contributed by atoms with Crippen LogP contribution in [0.15, 0.2) is 12.1 Å². The first kappa shape index (κ1) is 20.2. The van der Waals surface area contributed by atoms with Gasteiger partial charge in [0.15, 0.2) is 0 Å². The lowest BCUT2D eigenvalue weighted by atomic mass is 10.1. The van der Waals surface area contributed by atoms with Crippen LogP contribution in [0.25, 0.3) is 0 Å². The number of ether oxygens (including phenoxy) is 1. The third-order valence-corrected chi connectivity index (χ3v) is 4.54. The summed E-state index contributed by atoms with van der Waals surface area (Å²) < 4.78 is 5.27. The lowest BCUT2D eigenvalue weighted by molar-refractivity contribution is 0.0624. The van der Waals surface area contributed by atoms with Gasteiger partial charge in [-0.1, -0.05) is 11.6 Å². The number of rotatable bonds is 3. The number of nitrogens with zero attached hydrogens (tertiary/aromatic N) is 2. The standard InChI is InChI=1S/C15H20ClN3O2.2ClH/c1-21-14-9-13(17)12(16)8-11(14)15(20)19-6-4-18(5-7-19)10-2-3-10;;/h8-10H,2-7,17H2,1H3;2*1H. The van der Waals surface area contributed by atoms with Crippen molar-refractivity contribution in [1.82, 2.24) is 9.80 Å². The van der Waals surface area contributed by atoms with E-state index in [0.29, 0.717) is 22.0 Å². The van der Waals surface area contributed by atoms with Crippen LogP contribution in [-0.4, -0.2) is 55.0 Å². The van der Waals surface area contributed by atoms with Crippen LogP contribution < -0.4 is 10.5 Å². The second kappa shape index (κ2) is 8.29. The second-order valence-corrected chi connectivity index (χ2v) is 6.04. The Hall–Kier alpha value is -0.880. The van der Waals surface area contributed by atoms with E-state index in [1.807, 2.05) is 4.90 Å². The average molecular weight is 383 g/mol. The van der Waals surface area contributed by atoms with Crippen molar-refractivity contribution in [2.45, 2.75) is 18.9 Å². The molecule has 1 heterocycles. The largest absolute Gasteiger partial charge is 0.496 e. The van der Waals surface area contributed by atoms with Crippen LogP contribution in [0.1, 0.15) is 23.2 Å². The minimum Gasteiger partial charge on any atom is -0.496 e. The Labute approximate surface area is 153 Å². The van der Waals surface area contributed by atoms with Crippen molar-refractivity contribution < 1.29 is 9.53 Å². The number of nitrogens with two attached hydrogens (primary N) is 1. The van der Waals surface area contributed by atoms with Gasteiger partial charge < -0.3 is 15.4 Å². The minimum atomic E-state index is -0.0378. The van der Waals surface area contributed by atoms with E-state index in [2.05, 4.69) is 4.90 Å². The molecule has 0 aromatic heterocycles. The van der Waals surface area contributed by atoms with Crippen molar-refractivity contribution >= 4 is 48.0 Å². The molecule has 130 valence electrons. The van der Waals surface area contributed by atoms with Gasteiger partial charge >= 0.3 is 0 Å². The normalized spacial score (nSPS) is 17.9. The van der Waals surface area contributed by atoms with Crippen LogP contribution >= 0.6 is 36.4 Å². The molecule has 0 unspecified atom stereocenters. The highest BCUT2D eigenvalue weighted by molar-refractivity contribution is 6.33. The van der Waals surface area contributed by atoms with Gasteiger partial charge in [-0.25, -0.2) is 0 Å². The lowest BCUT2D eigenvalue weighted by Gasteiger charge is -2.35. The van der Waals surface area contributed by atoms with E-state index in [1.165, 1.54) is 20.0 Å². The number of benzene rings is 1. The molecule has 23 heavy (non-hydrogen) atoms. The number of carbonyl (C=O) groups excluding carboxylic acids is 1. The van der Waals surface area contributed by atoms with Gasteiger partial charge in [0.2, 0.25) is 0 Å². The molecule has 2 N–H and O–H groups in total. The minimum absolute atomic E-state index is 0. The highest BCUT2D eigenvalue weighted by Gasteiger charge is 2.33. The number of piperazine rings is 1. The van der Waals surface area contributed by atoms with Crippen molar-refractivity contribution in [3.05, 3.63) is 22.7 Å². The summed E-state index contributed by atoms with van der Waals surface area (Å²) in [5.74, 6) is 0.440. The number of anilines is 1. The molecule has 1 saturated heterocycles. The summed E-state index contributed by atoms with van der Waals surface area (Å²) in [6.45, 7) is 3.39. The summed E-state index contributed by atoms with van der Waals surface area (Å²) in [5, 5.41) is 0.385. The van der Waals surface area contributed by atoms with Gasteiger partial charge in [-0.05, 0) is 18.9 Å². The summed E-state index contributed by atoms with van der Waals surface area (Å²) in [5.41, 5.74) is 6.66. The summed E-state index contributed by atoms with van der Waals surface area (Å²) in [4.78, 5) is 17.0. The molecule has 1 amide bonds. The molecule has 8 heteroatoms. The van der Waals surface area contributed by atoms with Gasteiger partial charge in [0, 0.05) is 38.3 Å². The first-order valence-corrected chi connectivity index (χ1v) is 7.64. The van der Waals surface area contributed by atoms with Gasteiger partial charge in [-0.2, -0.15) is 0 Å². The molecule has 5 nitrogen and oxygen atoms in total. The van der Waals surface area contributed by atoms with Crippen LogP contribution in [0, 0.1) is 0 Å². The fourth-order valence-corrected chi connectivity index (χ4v) is 2.97. The topological polar surface area (TPSA) is 58.8 Å². The summed E-state index contributed by atoms with van der Waals surface area (Å²) in [6.07, 6.45) is 2.60. The van der Waals surface area contributed by atoms with E-state index in [9.17, 15) is 4.79 Å². The van der Waals surface area contributed by atoms with Gasteiger partial charge in [0.05, 0.1) is 23.4 Å². The Morgan fingerprint density at radius 3 is 2.35 bits per heavy atom. The van der Waals surface area contributed by atoms with Crippen LogP contribution in [-0.2, 0) is 0 Å². The van der Waals surface area contributed by atoms with Crippen molar-refractivity contribution in [2.24, 2.45) is 0 Å². The maximum absolute atomic E-state index is 12.7. The third kappa shape index (κ3) is 4.35. The highest BCUT2D eigenvalue weighted by Crippen LogP contribution is 2.31. The van der Waals surface area contributed by atoms with Crippen LogP contribution in [0.3, 0.4) is 0 Å². The highest BCUT2D eigenvalue weighted by atomic mass is 35.5. The summed E-state index contributed by atoms with van der Waals surface area (Å²) in [7, 11) is 1.53. The Bertz CT molecular complexity index is 559. The number of halogens is 3. The maximum atomic E-state index is 12.7. The van der Waals surface area contributed by atoms with Crippen LogP contribution in [0.2, 0.25) is 5.02 Å².